The Labute approximate surface area is 195 Å². The second-order valence-electron chi connectivity index (χ2n) is 7.94. The van der Waals surface area contributed by atoms with Gasteiger partial charge in [0.2, 0.25) is 5.91 Å². The largest absolute Gasteiger partial charge is 0.348 e. The monoisotopic (exact) mass is 458 g/mol. The topological polar surface area (TPSA) is 93.1 Å². The van der Waals surface area contributed by atoms with Crippen molar-refractivity contribution in [2.24, 2.45) is 0 Å². The highest BCUT2D eigenvalue weighted by molar-refractivity contribution is 6.04. The lowest BCUT2D eigenvalue weighted by Crippen LogP contribution is -2.35. The second-order valence-corrected chi connectivity index (χ2v) is 7.94. The molecule has 2 N–H and O–H groups in total. The van der Waals surface area contributed by atoms with Gasteiger partial charge in [-0.1, -0.05) is 24.3 Å². The maximum absolute atomic E-state index is 13.0. The summed E-state index contributed by atoms with van der Waals surface area (Å²) in [4.78, 5) is 42.1. The van der Waals surface area contributed by atoms with Crippen molar-refractivity contribution in [3.05, 3.63) is 106 Å². The normalized spacial score (nSPS) is 11.7. The Balaban J connectivity index is 1.40. The number of carbonyl (C=O) groups is 2. The molecule has 1 atom stereocenters. The average molecular weight is 458 g/mol. The van der Waals surface area contributed by atoms with Crippen LogP contribution in [0.3, 0.4) is 0 Å². The van der Waals surface area contributed by atoms with Crippen LogP contribution in [0.25, 0.3) is 10.9 Å². The first-order valence-electron chi connectivity index (χ1n) is 10.7. The van der Waals surface area contributed by atoms with Crippen LogP contribution >= 0.6 is 0 Å². The number of para-hydroxylation sites is 1. The maximum Gasteiger partial charge on any atom is 0.261 e. The molecule has 0 saturated heterocycles. The molecule has 4 rings (SSSR count). The van der Waals surface area contributed by atoms with Crippen LogP contribution in [0.1, 0.15) is 34.7 Å². The number of fused-ring (bicyclic) bond motifs is 1. The molecule has 2 amide bonds. The molecule has 0 fully saturated rings. The van der Waals surface area contributed by atoms with Crippen molar-refractivity contribution < 1.29 is 14.0 Å². The van der Waals surface area contributed by atoms with E-state index in [1.54, 1.807) is 49.4 Å². The third kappa shape index (κ3) is 5.01. The van der Waals surface area contributed by atoms with E-state index in [1.165, 1.54) is 28.8 Å². The fourth-order valence-electron chi connectivity index (χ4n) is 3.64. The van der Waals surface area contributed by atoms with E-state index in [4.69, 9.17) is 0 Å². The van der Waals surface area contributed by atoms with Crippen molar-refractivity contribution in [2.75, 3.05) is 5.32 Å². The van der Waals surface area contributed by atoms with E-state index in [1.807, 2.05) is 13.0 Å². The van der Waals surface area contributed by atoms with Crippen LogP contribution in [0.4, 0.5) is 10.1 Å². The molecule has 0 spiro atoms. The number of amides is 2. The number of hydrogen-bond donors (Lipinski definition) is 2. The average Bonchev–Trinajstić information content (AvgIpc) is 2.82. The van der Waals surface area contributed by atoms with Crippen molar-refractivity contribution in [1.29, 1.82) is 0 Å². The summed E-state index contributed by atoms with van der Waals surface area (Å²) in [5, 5.41) is 6.10. The first-order chi connectivity index (χ1) is 16.3. The number of nitrogens with zero attached hydrogens (tertiary/aromatic N) is 2. The highest BCUT2D eigenvalue weighted by Crippen LogP contribution is 2.17. The van der Waals surface area contributed by atoms with E-state index in [0.29, 0.717) is 28.0 Å². The Morgan fingerprint density at radius 3 is 2.38 bits per heavy atom. The van der Waals surface area contributed by atoms with Crippen LogP contribution < -0.4 is 16.2 Å². The van der Waals surface area contributed by atoms with Crippen LogP contribution in [0.2, 0.25) is 0 Å². The molecule has 172 valence electrons. The van der Waals surface area contributed by atoms with Gasteiger partial charge in [0.1, 0.15) is 18.2 Å². The summed E-state index contributed by atoms with van der Waals surface area (Å²) >= 11 is 0. The van der Waals surface area contributed by atoms with Gasteiger partial charge in [0, 0.05) is 11.3 Å². The fraction of sp³-hybridized carbons (Fsp3) is 0.154. The molecule has 0 aliphatic carbocycles. The molecule has 0 aliphatic rings. The summed E-state index contributed by atoms with van der Waals surface area (Å²) in [6.45, 7) is 3.39. The number of anilines is 1. The Morgan fingerprint density at radius 1 is 1.00 bits per heavy atom. The van der Waals surface area contributed by atoms with E-state index in [2.05, 4.69) is 15.6 Å². The van der Waals surface area contributed by atoms with E-state index in [0.717, 1.165) is 5.56 Å². The van der Waals surface area contributed by atoms with Crippen LogP contribution in [0, 0.1) is 12.7 Å². The van der Waals surface area contributed by atoms with Crippen molar-refractivity contribution in [2.45, 2.75) is 26.4 Å². The molecule has 7 nitrogen and oxygen atoms in total. The van der Waals surface area contributed by atoms with Crippen LogP contribution in [-0.4, -0.2) is 21.4 Å². The SMILES string of the molecule is Cc1nc2ccccc2c(=O)n1CC(=O)NC(C)c1ccc(NC(=O)c2ccc(F)cc2)cc1. The van der Waals surface area contributed by atoms with Crippen LogP contribution in [0.5, 0.6) is 0 Å². The van der Waals surface area contributed by atoms with Crippen molar-refractivity contribution in [3.8, 4) is 0 Å². The van der Waals surface area contributed by atoms with E-state index >= 15 is 0 Å². The first kappa shape index (κ1) is 22.8. The van der Waals surface area contributed by atoms with Gasteiger partial charge < -0.3 is 10.6 Å². The van der Waals surface area contributed by atoms with Gasteiger partial charge in [-0.25, -0.2) is 9.37 Å². The van der Waals surface area contributed by atoms with Gasteiger partial charge in [0.15, 0.2) is 0 Å². The highest BCUT2D eigenvalue weighted by Gasteiger charge is 2.14. The molecule has 1 heterocycles. The van der Waals surface area contributed by atoms with Gasteiger partial charge in [-0.2, -0.15) is 0 Å². The first-order valence-corrected chi connectivity index (χ1v) is 10.7. The Kier molecular flexibility index (Phi) is 6.49. The number of aromatic nitrogens is 2. The summed E-state index contributed by atoms with van der Waals surface area (Å²) in [5.74, 6) is -0.607. The third-order valence-corrected chi connectivity index (χ3v) is 5.51. The predicted octanol–water partition coefficient (Wildman–Crippen LogP) is 3.97. The zero-order valence-electron chi connectivity index (χ0n) is 18.7. The Hall–Kier alpha value is -4.33. The summed E-state index contributed by atoms with van der Waals surface area (Å²) in [7, 11) is 0. The molecule has 0 bridgehead atoms. The molecule has 0 radical (unpaired) electrons. The minimum Gasteiger partial charge on any atom is -0.348 e. The van der Waals surface area contributed by atoms with E-state index in [9.17, 15) is 18.8 Å². The molecule has 1 unspecified atom stereocenters. The zero-order valence-corrected chi connectivity index (χ0v) is 18.7. The molecule has 34 heavy (non-hydrogen) atoms. The maximum atomic E-state index is 13.0. The van der Waals surface area contributed by atoms with Gasteiger partial charge in [-0.3, -0.25) is 19.0 Å². The lowest BCUT2D eigenvalue weighted by molar-refractivity contribution is -0.122. The van der Waals surface area contributed by atoms with E-state index < -0.39 is 5.82 Å². The van der Waals surface area contributed by atoms with Gasteiger partial charge in [0.05, 0.1) is 16.9 Å². The van der Waals surface area contributed by atoms with Crippen LogP contribution in [-0.2, 0) is 11.3 Å². The summed E-state index contributed by atoms with van der Waals surface area (Å²) in [6, 6.07) is 19.0. The number of halogens is 1. The lowest BCUT2D eigenvalue weighted by atomic mass is 10.1. The summed E-state index contributed by atoms with van der Waals surface area (Å²) in [6.07, 6.45) is 0. The van der Waals surface area contributed by atoms with Gasteiger partial charge >= 0.3 is 0 Å². The molecular weight excluding hydrogens is 435 g/mol. The van der Waals surface area contributed by atoms with Crippen molar-refractivity contribution in [1.82, 2.24) is 14.9 Å². The predicted molar refractivity (Wildman–Crippen MR) is 128 cm³/mol. The number of nitrogens with one attached hydrogen (secondary N) is 2. The fourth-order valence-corrected chi connectivity index (χ4v) is 3.64. The molecule has 0 saturated carbocycles. The molecule has 3 aromatic carbocycles. The number of benzene rings is 3. The van der Waals surface area contributed by atoms with Gasteiger partial charge in [-0.15, -0.1) is 0 Å². The zero-order chi connectivity index (χ0) is 24.2. The third-order valence-electron chi connectivity index (χ3n) is 5.51. The molecule has 1 aromatic heterocycles. The minimum atomic E-state index is -0.408. The van der Waals surface area contributed by atoms with Crippen molar-refractivity contribution in [3.63, 3.8) is 0 Å². The number of rotatable bonds is 6. The molecular formula is C26H23FN4O3. The van der Waals surface area contributed by atoms with Crippen LogP contribution in [0.15, 0.2) is 77.6 Å². The smallest absolute Gasteiger partial charge is 0.261 e. The number of hydrogen-bond acceptors (Lipinski definition) is 4. The second kappa shape index (κ2) is 9.66. The van der Waals surface area contributed by atoms with Crippen molar-refractivity contribution >= 4 is 28.4 Å². The Bertz CT molecular complexity index is 1410. The molecule has 4 aromatic rings. The van der Waals surface area contributed by atoms with Gasteiger partial charge in [-0.05, 0) is 67.9 Å². The summed E-state index contributed by atoms with van der Waals surface area (Å²) in [5.41, 5.74) is 2.09. The minimum absolute atomic E-state index is 0.140. The van der Waals surface area contributed by atoms with E-state index in [-0.39, 0.29) is 30.0 Å². The highest BCUT2D eigenvalue weighted by atomic mass is 19.1. The Morgan fingerprint density at radius 2 is 1.68 bits per heavy atom. The lowest BCUT2D eigenvalue weighted by Gasteiger charge is -2.16. The van der Waals surface area contributed by atoms with Gasteiger partial charge in [0.25, 0.3) is 11.5 Å². The number of carbonyl (C=O) groups excluding carboxylic acids is 2. The quantitative estimate of drug-likeness (QED) is 0.457. The molecule has 8 heteroatoms. The standard InChI is InChI=1S/C26H23FN4O3/c1-16(18-9-13-21(14-10-18)30-25(33)19-7-11-20(27)12-8-19)28-24(32)15-31-17(2)29-23-6-4-3-5-22(23)26(31)34/h3-14,16H,15H2,1-2H3,(H,28,32)(H,30,33). The summed E-state index contributed by atoms with van der Waals surface area (Å²) < 4.78 is 14.4. The number of aryl methyl sites for hydroxylation is 1. The molecule has 0 aliphatic heterocycles.